The maximum atomic E-state index is 12.0. The second-order valence-electron chi connectivity index (χ2n) is 5.71. The number of hydrogen-bond donors (Lipinski definition) is 2. The SMILES string of the molecule is CCC(CC)C(=O)Nc1ccc(NCc2ccccc2C)cn1. The summed E-state index contributed by atoms with van der Waals surface area (Å²) in [6, 6.07) is 12.1. The van der Waals surface area contributed by atoms with Gasteiger partial charge in [0.05, 0.1) is 11.9 Å². The van der Waals surface area contributed by atoms with Crippen LogP contribution in [0.1, 0.15) is 37.8 Å². The Bertz CT molecular complexity index is 633. The number of hydrogen-bond acceptors (Lipinski definition) is 3. The maximum Gasteiger partial charge on any atom is 0.228 e. The Morgan fingerprint density at radius 1 is 1.13 bits per heavy atom. The van der Waals surface area contributed by atoms with E-state index in [1.54, 1.807) is 6.20 Å². The van der Waals surface area contributed by atoms with Gasteiger partial charge in [-0.25, -0.2) is 4.98 Å². The van der Waals surface area contributed by atoms with Gasteiger partial charge in [0.15, 0.2) is 0 Å². The zero-order valence-corrected chi connectivity index (χ0v) is 14.1. The number of benzene rings is 1. The molecule has 0 radical (unpaired) electrons. The molecule has 0 bridgehead atoms. The van der Waals surface area contributed by atoms with Crippen LogP contribution < -0.4 is 10.6 Å². The van der Waals surface area contributed by atoms with E-state index in [0.717, 1.165) is 25.1 Å². The van der Waals surface area contributed by atoms with Gasteiger partial charge >= 0.3 is 0 Å². The first-order chi connectivity index (χ1) is 11.1. The van der Waals surface area contributed by atoms with Crippen LogP contribution in [0.5, 0.6) is 0 Å². The van der Waals surface area contributed by atoms with Gasteiger partial charge in [0.1, 0.15) is 5.82 Å². The molecule has 2 rings (SSSR count). The maximum absolute atomic E-state index is 12.0. The highest BCUT2D eigenvalue weighted by atomic mass is 16.1. The average molecular weight is 311 g/mol. The lowest BCUT2D eigenvalue weighted by molar-refractivity contribution is -0.120. The van der Waals surface area contributed by atoms with E-state index in [9.17, 15) is 4.79 Å². The second-order valence-corrected chi connectivity index (χ2v) is 5.71. The molecule has 23 heavy (non-hydrogen) atoms. The second kappa shape index (κ2) is 8.32. The Morgan fingerprint density at radius 3 is 2.48 bits per heavy atom. The number of aromatic nitrogens is 1. The lowest BCUT2D eigenvalue weighted by Gasteiger charge is -2.13. The monoisotopic (exact) mass is 311 g/mol. The van der Waals surface area contributed by atoms with Crippen molar-refractivity contribution in [3.63, 3.8) is 0 Å². The van der Waals surface area contributed by atoms with Crippen LogP contribution in [0.25, 0.3) is 0 Å². The van der Waals surface area contributed by atoms with Crippen LogP contribution in [0.15, 0.2) is 42.6 Å². The molecular weight excluding hydrogens is 286 g/mol. The minimum absolute atomic E-state index is 0.0446. The fraction of sp³-hybridized carbons (Fsp3) is 0.368. The highest BCUT2D eigenvalue weighted by molar-refractivity contribution is 5.91. The molecular formula is C19H25N3O. The third-order valence-corrected chi connectivity index (χ3v) is 4.12. The molecule has 1 aromatic carbocycles. The number of amides is 1. The molecule has 1 amide bonds. The minimum Gasteiger partial charge on any atom is -0.380 e. The summed E-state index contributed by atoms with van der Waals surface area (Å²) >= 11 is 0. The number of nitrogens with zero attached hydrogens (tertiary/aromatic N) is 1. The zero-order valence-electron chi connectivity index (χ0n) is 14.1. The summed E-state index contributed by atoms with van der Waals surface area (Å²) in [7, 11) is 0. The van der Waals surface area contributed by atoms with Gasteiger partial charge in [-0.15, -0.1) is 0 Å². The van der Waals surface area contributed by atoms with Gasteiger partial charge in [-0.3, -0.25) is 4.79 Å². The molecule has 0 saturated heterocycles. The summed E-state index contributed by atoms with van der Waals surface area (Å²) < 4.78 is 0. The van der Waals surface area contributed by atoms with Crippen LogP contribution in [-0.4, -0.2) is 10.9 Å². The molecule has 4 heteroatoms. The van der Waals surface area contributed by atoms with E-state index in [0.29, 0.717) is 5.82 Å². The molecule has 1 aromatic heterocycles. The van der Waals surface area contributed by atoms with Crippen molar-refractivity contribution in [2.45, 2.75) is 40.2 Å². The summed E-state index contributed by atoms with van der Waals surface area (Å²) in [5, 5.41) is 6.23. The Morgan fingerprint density at radius 2 is 1.87 bits per heavy atom. The number of anilines is 2. The summed E-state index contributed by atoms with van der Waals surface area (Å²) in [5.74, 6) is 0.696. The highest BCUT2D eigenvalue weighted by Gasteiger charge is 2.14. The van der Waals surface area contributed by atoms with Crippen molar-refractivity contribution >= 4 is 17.4 Å². The Labute approximate surface area is 138 Å². The number of aryl methyl sites for hydroxylation is 1. The Kier molecular flexibility index (Phi) is 6.15. The molecule has 122 valence electrons. The van der Waals surface area contributed by atoms with E-state index in [2.05, 4.69) is 34.7 Å². The van der Waals surface area contributed by atoms with Crippen LogP contribution in [0.4, 0.5) is 11.5 Å². The van der Waals surface area contributed by atoms with Gasteiger partial charge in [-0.1, -0.05) is 38.1 Å². The minimum atomic E-state index is 0.0446. The normalized spacial score (nSPS) is 10.6. The van der Waals surface area contributed by atoms with Gasteiger partial charge in [-0.05, 0) is 43.0 Å². The average Bonchev–Trinajstić information content (AvgIpc) is 2.56. The summed E-state index contributed by atoms with van der Waals surface area (Å²) in [4.78, 5) is 16.4. The molecule has 0 aliphatic carbocycles. The summed E-state index contributed by atoms with van der Waals surface area (Å²) in [6.07, 6.45) is 3.44. The van der Waals surface area contributed by atoms with E-state index in [1.165, 1.54) is 11.1 Å². The quantitative estimate of drug-likeness (QED) is 0.798. The molecule has 0 spiro atoms. The fourth-order valence-corrected chi connectivity index (χ4v) is 2.47. The van der Waals surface area contributed by atoms with Crippen molar-refractivity contribution in [3.05, 3.63) is 53.7 Å². The third kappa shape index (κ3) is 4.81. The lowest BCUT2D eigenvalue weighted by Crippen LogP contribution is -2.22. The highest BCUT2D eigenvalue weighted by Crippen LogP contribution is 2.15. The standard InChI is InChI=1S/C19H25N3O/c1-4-15(5-2)19(23)22-18-11-10-17(13-21-18)20-12-16-9-7-6-8-14(16)3/h6-11,13,15,20H,4-5,12H2,1-3H3,(H,21,22,23). The van der Waals surface area contributed by atoms with Gasteiger partial charge < -0.3 is 10.6 Å². The number of pyridine rings is 1. The van der Waals surface area contributed by atoms with Crippen molar-refractivity contribution in [1.29, 1.82) is 0 Å². The van der Waals surface area contributed by atoms with Crippen molar-refractivity contribution < 1.29 is 4.79 Å². The van der Waals surface area contributed by atoms with Crippen LogP contribution in [0, 0.1) is 12.8 Å². The van der Waals surface area contributed by atoms with Crippen molar-refractivity contribution in [2.24, 2.45) is 5.92 Å². The first-order valence-electron chi connectivity index (χ1n) is 8.19. The smallest absolute Gasteiger partial charge is 0.228 e. The number of carbonyl (C=O) groups excluding carboxylic acids is 1. The van der Waals surface area contributed by atoms with Crippen molar-refractivity contribution in [1.82, 2.24) is 4.98 Å². The Balaban J connectivity index is 1.92. The molecule has 0 aliphatic rings. The van der Waals surface area contributed by atoms with Gasteiger partial charge in [0.2, 0.25) is 5.91 Å². The Hall–Kier alpha value is -2.36. The van der Waals surface area contributed by atoms with E-state index >= 15 is 0 Å². The lowest BCUT2D eigenvalue weighted by atomic mass is 10.0. The number of carbonyl (C=O) groups is 1. The largest absolute Gasteiger partial charge is 0.380 e. The predicted molar refractivity (Wildman–Crippen MR) is 95.4 cm³/mol. The van der Waals surface area contributed by atoms with Crippen molar-refractivity contribution in [2.75, 3.05) is 10.6 Å². The van der Waals surface area contributed by atoms with Crippen LogP contribution in [0.2, 0.25) is 0 Å². The van der Waals surface area contributed by atoms with Gasteiger partial charge in [0, 0.05) is 12.5 Å². The van der Waals surface area contributed by atoms with Crippen LogP contribution in [0.3, 0.4) is 0 Å². The first-order valence-corrected chi connectivity index (χ1v) is 8.19. The summed E-state index contributed by atoms with van der Waals surface area (Å²) in [5.41, 5.74) is 3.47. The number of rotatable bonds is 7. The first kappa shape index (κ1) is 17.0. The third-order valence-electron chi connectivity index (χ3n) is 4.12. The number of nitrogens with one attached hydrogen (secondary N) is 2. The summed E-state index contributed by atoms with van der Waals surface area (Å²) in [6.45, 7) is 6.92. The van der Waals surface area contributed by atoms with Crippen molar-refractivity contribution in [3.8, 4) is 0 Å². The van der Waals surface area contributed by atoms with E-state index in [1.807, 2.05) is 38.1 Å². The molecule has 0 fully saturated rings. The predicted octanol–water partition coefficient (Wildman–Crippen LogP) is 4.38. The molecule has 0 aliphatic heterocycles. The topological polar surface area (TPSA) is 54.0 Å². The van der Waals surface area contributed by atoms with Gasteiger partial charge in [0.25, 0.3) is 0 Å². The molecule has 0 unspecified atom stereocenters. The molecule has 2 N–H and O–H groups in total. The zero-order chi connectivity index (χ0) is 16.7. The molecule has 0 atom stereocenters. The van der Waals surface area contributed by atoms with E-state index in [4.69, 9.17) is 0 Å². The fourth-order valence-electron chi connectivity index (χ4n) is 2.47. The molecule has 4 nitrogen and oxygen atoms in total. The van der Waals surface area contributed by atoms with Crippen LogP contribution in [-0.2, 0) is 11.3 Å². The van der Waals surface area contributed by atoms with E-state index < -0.39 is 0 Å². The molecule has 0 saturated carbocycles. The molecule has 1 heterocycles. The van der Waals surface area contributed by atoms with Gasteiger partial charge in [-0.2, -0.15) is 0 Å². The van der Waals surface area contributed by atoms with E-state index in [-0.39, 0.29) is 11.8 Å². The van der Waals surface area contributed by atoms with Crippen LogP contribution >= 0.6 is 0 Å². The molecule has 2 aromatic rings.